The molecule has 5 heteroatoms. The Morgan fingerprint density at radius 3 is 2.50 bits per heavy atom. The zero-order valence-corrected chi connectivity index (χ0v) is 10.8. The van der Waals surface area contributed by atoms with E-state index in [0.717, 1.165) is 11.3 Å². The van der Waals surface area contributed by atoms with Gasteiger partial charge in [-0.3, -0.25) is 9.59 Å². The molecule has 0 bridgehead atoms. The van der Waals surface area contributed by atoms with Crippen LogP contribution in [0.1, 0.15) is 22.8 Å². The molecule has 5 nitrogen and oxygen atoms in total. The number of anilines is 1. The van der Waals surface area contributed by atoms with Crippen molar-refractivity contribution in [2.75, 3.05) is 18.5 Å². The molecule has 0 aromatic heterocycles. The van der Waals surface area contributed by atoms with Crippen LogP contribution in [0.4, 0.5) is 5.69 Å². The molecule has 1 amide bonds. The number of nitrogens with two attached hydrogens (primary N) is 1. The second kappa shape index (κ2) is 5.53. The minimum Gasteiger partial charge on any atom is -0.481 e. The van der Waals surface area contributed by atoms with E-state index in [2.05, 4.69) is 0 Å². The molecule has 98 valence electrons. The van der Waals surface area contributed by atoms with Crippen LogP contribution in [-0.2, 0) is 4.79 Å². The van der Waals surface area contributed by atoms with Crippen LogP contribution < -0.4 is 10.6 Å². The van der Waals surface area contributed by atoms with Gasteiger partial charge in [0.15, 0.2) is 0 Å². The lowest BCUT2D eigenvalue weighted by atomic mass is 10.1. The van der Waals surface area contributed by atoms with Crippen LogP contribution in [0.25, 0.3) is 0 Å². The summed E-state index contributed by atoms with van der Waals surface area (Å²) in [6.45, 7) is 3.87. The third kappa shape index (κ3) is 3.23. The van der Waals surface area contributed by atoms with Crippen molar-refractivity contribution >= 4 is 17.6 Å². The molecule has 3 N–H and O–H groups in total. The van der Waals surface area contributed by atoms with E-state index in [4.69, 9.17) is 10.8 Å². The third-order valence-electron chi connectivity index (χ3n) is 2.89. The Morgan fingerprint density at radius 2 is 2.06 bits per heavy atom. The first kappa shape index (κ1) is 14.0. The summed E-state index contributed by atoms with van der Waals surface area (Å²) in [5.74, 6) is -1.74. The predicted octanol–water partition coefficient (Wildman–Crippen LogP) is 1.25. The monoisotopic (exact) mass is 250 g/mol. The second-order valence-electron chi connectivity index (χ2n) is 4.48. The summed E-state index contributed by atoms with van der Waals surface area (Å²) >= 11 is 0. The van der Waals surface area contributed by atoms with Crippen molar-refractivity contribution < 1.29 is 14.7 Å². The molecule has 0 fully saturated rings. The highest BCUT2D eigenvalue weighted by molar-refractivity contribution is 5.94. The molecule has 0 radical (unpaired) electrons. The number of benzene rings is 1. The number of primary amides is 1. The summed E-state index contributed by atoms with van der Waals surface area (Å²) < 4.78 is 0. The summed E-state index contributed by atoms with van der Waals surface area (Å²) in [7, 11) is 1.82. The molecule has 0 saturated heterocycles. The molecule has 1 aromatic carbocycles. The first-order valence-electron chi connectivity index (χ1n) is 5.67. The molecular formula is C13H18N2O3. The second-order valence-corrected chi connectivity index (χ2v) is 4.48. The van der Waals surface area contributed by atoms with Gasteiger partial charge >= 0.3 is 5.97 Å². The molecule has 1 rings (SSSR count). The highest BCUT2D eigenvalue weighted by atomic mass is 16.4. The molecule has 1 atom stereocenters. The SMILES string of the molecule is Cc1cc(N(C)CC(C)C(=O)O)ccc1C(N)=O. The van der Waals surface area contributed by atoms with E-state index in [1.54, 1.807) is 26.0 Å². The van der Waals surface area contributed by atoms with Crippen molar-refractivity contribution in [3.63, 3.8) is 0 Å². The van der Waals surface area contributed by atoms with Gasteiger partial charge in [-0.1, -0.05) is 6.92 Å². The van der Waals surface area contributed by atoms with Crippen LogP contribution in [-0.4, -0.2) is 30.6 Å². The average molecular weight is 250 g/mol. The lowest BCUT2D eigenvalue weighted by molar-refractivity contribution is -0.140. The van der Waals surface area contributed by atoms with Crippen molar-refractivity contribution in [3.8, 4) is 0 Å². The van der Waals surface area contributed by atoms with E-state index in [0.29, 0.717) is 12.1 Å². The number of carboxylic acid groups (broad SMARTS) is 1. The van der Waals surface area contributed by atoms with Gasteiger partial charge in [0.1, 0.15) is 0 Å². The highest BCUT2D eigenvalue weighted by Gasteiger charge is 2.14. The topological polar surface area (TPSA) is 83.6 Å². The van der Waals surface area contributed by atoms with E-state index in [1.807, 2.05) is 18.0 Å². The van der Waals surface area contributed by atoms with Crippen molar-refractivity contribution in [3.05, 3.63) is 29.3 Å². The fraction of sp³-hybridized carbons (Fsp3) is 0.385. The van der Waals surface area contributed by atoms with Crippen LogP contribution in [0.15, 0.2) is 18.2 Å². The summed E-state index contributed by atoms with van der Waals surface area (Å²) in [5.41, 5.74) is 7.37. The summed E-state index contributed by atoms with van der Waals surface area (Å²) in [6, 6.07) is 5.26. The number of hydrogen-bond donors (Lipinski definition) is 2. The quantitative estimate of drug-likeness (QED) is 0.823. The smallest absolute Gasteiger partial charge is 0.308 e. The fourth-order valence-electron chi connectivity index (χ4n) is 1.76. The normalized spacial score (nSPS) is 11.9. The largest absolute Gasteiger partial charge is 0.481 e. The van der Waals surface area contributed by atoms with Gasteiger partial charge in [-0.15, -0.1) is 0 Å². The van der Waals surface area contributed by atoms with Crippen molar-refractivity contribution in [2.45, 2.75) is 13.8 Å². The fourth-order valence-corrected chi connectivity index (χ4v) is 1.76. The molecular weight excluding hydrogens is 232 g/mol. The number of aryl methyl sites for hydroxylation is 1. The Labute approximate surface area is 106 Å². The Bertz CT molecular complexity index is 471. The number of carbonyl (C=O) groups is 2. The molecule has 0 aliphatic carbocycles. The van der Waals surface area contributed by atoms with Gasteiger partial charge in [0.25, 0.3) is 0 Å². The first-order chi connectivity index (χ1) is 8.32. The Kier molecular flexibility index (Phi) is 4.31. The predicted molar refractivity (Wildman–Crippen MR) is 69.8 cm³/mol. The van der Waals surface area contributed by atoms with E-state index in [-0.39, 0.29) is 0 Å². The molecule has 0 saturated carbocycles. The van der Waals surface area contributed by atoms with Crippen molar-refractivity contribution in [2.24, 2.45) is 11.7 Å². The number of carbonyl (C=O) groups excluding carboxylic acids is 1. The van der Waals surface area contributed by atoms with Gasteiger partial charge < -0.3 is 15.7 Å². The van der Waals surface area contributed by atoms with Crippen LogP contribution >= 0.6 is 0 Å². The van der Waals surface area contributed by atoms with Gasteiger partial charge in [-0.25, -0.2) is 0 Å². The Morgan fingerprint density at radius 1 is 1.44 bits per heavy atom. The summed E-state index contributed by atoms with van der Waals surface area (Å²) in [6.07, 6.45) is 0. The minimum absolute atomic E-state index is 0.407. The van der Waals surface area contributed by atoms with Crippen LogP contribution in [0.5, 0.6) is 0 Å². The van der Waals surface area contributed by atoms with Crippen LogP contribution in [0.2, 0.25) is 0 Å². The van der Waals surface area contributed by atoms with Crippen molar-refractivity contribution in [1.82, 2.24) is 0 Å². The molecule has 0 heterocycles. The van der Waals surface area contributed by atoms with Crippen molar-refractivity contribution in [1.29, 1.82) is 0 Å². The van der Waals surface area contributed by atoms with Gasteiger partial charge in [-0.2, -0.15) is 0 Å². The zero-order chi connectivity index (χ0) is 13.9. The first-order valence-corrected chi connectivity index (χ1v) is 5.67. The third-order valence-corrected chi connectivity index (χ3v) is 2.89. The van der Waals surface area contributed by atoms with E-state index >= 15 is 0 Å². The minimum atomic E-state index is -0.827. The van der Waals surface area contributed by atoms with Gasteiger partial charge in [0.05, 0.1) is 5.92 Å². The Hall–Kier alpha value is -2.04. The lowest BCUT2D eigenvalue weighted by Gasteiger charge is -2.22. The Balaban J connectivity index is 2.88. The highest BCUT2D eigenvalue weighted by Crippen LogP contribution is 2.19. The molecule has 18 heavy (non-hydrogen) atoms. The van der Waals surface area contributed by atoms with Crippen LogP contribution in [0, 0.1) is 12.8 Å². The number of amides is 1. The van der Waals surface area contributed by atoms with E-state index in [9.17, 15) is 9.59 Å². The van der Waals surface area contributed by atoms with Gasteiger partial charge in [-0.05, 0) is 30.7 Å². The van der Waals surface area contributed by atoms with E-state index < -0.39 is 17.8 Å². The van der Waals surface area contributed by atoms with Crippen LogP contribution in [0.3, 0.4) is 0 Å². The summed E-state index contributed by atoms with van der Waals surface area (Å²) in [4.78, 5) is 23.7. The number of aliphatic carboxylic acids is 1. The standard InChI is InChI=1S/C13H18N2O3/c1-8-6-10(4-5-11(8)12(14)16)15(3)7-9(2)13(17)18/h4-6,9H,7H2,1-3H3,(H2,14,16)(H,17,18). The maximum absolute atomic E-state index is 11.1. The number of nitrogens with zero attached hydrogens (tertiary/aromatic N) is 1. The summed E-state index contributed by atoms with van der Waals surface area (Å²) in [5, 5.41) is 8.86. The lowest BCUT2D eigenvalue weighted by Crippen LogP contribution is -2.28. The molecule has 0 spiro atoms. The maximum Gasteiger partial charge on any atom is 0.308 e. The molecule has 1 unspecified atom stereocenters. The number of hydrogen-bond acceptors (Lipinski definition) is 3. The average Bonchev–Trinajstić information content (AvgIpc) is 2.27. The van der Waals surface area contributed by atoms with E-state index in [1.165, 1.54) is 0 Å². The molecule has 1 aromatic rings. The molecule has 0 aliphatic heterocycles. The maximum atomic E-state index is 11.1. The zero-order valence-electron chi connectivity index (χ0n) is 10.8. The number of carboxylic acids is 1. The van der Waals surface area contributed by atoms with Gasteiger partial charge in [0, 0.05) is 24.8 Å². The van der Waals surface area contributed by atoms with Gasteiger partial charge in [0.2, 0.25) is 5.91 Å². The number of rotatable bonds is 5. The molecule has 0 aliphatic rings.